The molecule has 0 N–H and O–H groups in total. The predicted octanol–water partition coefficient (Wildman–Crippen LogP) is 6.96. The first-order chi connectivity index (χ1) is 11.8. The van der Waals surface area contributed by atoms with Gasteiger partial charge in [0.15, 0.2) is 0 Å². The van der Waals surface area contributed by atoms with Gasteiger partial charge >= 0.3 is 0 Å². The average Bonchev–Trinajstić information content (AvgIpc) is 2.62. The summed E-state index contributed by atoms with van der Waals surface area (Å²) in [5.41, 5.74) is 1.41. The molecule has 1 aliphatic rings. The van der Waals surface area contributed by atoms with Gasteiger partial charge in [0.25, 0.3) is 0 Å². The van der Waals surface area contributed by atoms with E-state index >= 15 is 0 Å². The first-order valence-corrected chi connectivity index (χ1v) is 10.2. The van der Waals surface area contributed by atoms with E-state index in [1.54, 1.807) is 0 Å². The normalized spacial score (nSPS) is 21.2. The maximum Gasteiger partial charge on any atom is 0.119 e. The van der Waals surface area contributed by atoms with Gasteiger partial charge in [-0.3, -0.25) is 0 Å². The Morgan fingerprint density at radius 1 is 1.00 bits per heavy atom. The zero-order valence-electron chi connectivity index (χ0n) is 15.8. The molecule has 0 radical (unpaired) electrons. The van der Waals surface area contributed by atoms with Gasteiger partial charge in [-0.05, 0) is 75.0 Å². The maximum absolute atomic E-state index is 5.49. The van der Waals surface area contributed by atoms with Crippen molar-refractivity contribution in [1.82, 2.24) is 0 Å². The van der Waals surface area contributed by atoms with Crippen molar-refractivity contribution >= 4 is 0 Å². The summed E-state index contributed by atoms with van der Waals surface area (Å²) in [4.78, 5) is 0. The van der Waals surface area contributed by atoms with Crippen LogP contribution in [-0.2, 0) is 6.42 Å². The van der Waals surface area contributed by atoms with Crippen LogP contribution in [0.3, 0.4) is 0 Å². The lowest BCUT2D eigenvalue weighted by molar-refractivity contribution is 0.289. The molecule has 1 nitrogen and oxygen atoms in total. The summed E-state index contributed by atoms with van der Waals surface area (Å²) in [6, 6.07) is 8.56. The topological polar surface area (TPSA) is 9.23 Å². The second-order valence-electron chi connectivity index (χ2n) is 7.32. The van der Waals surface area contributed by atoms with Crippen LogP contribution < -0.4 is 4.74 Å². The number of hydrogen-bond acceptors (Lipinski definition) is 1. The van der Waals surface area contributed by atoms with E-state index in [0.717, 1.165) is 37.0 Å². The third-order valence-corrected chi connectivity index (χ3v) is 5.35. The fourth-order valence-corrected chi connectivity index (χ4v) is 3.81. The summed E-state index contributed by atoms with van der Waals surface area (Å²) in [5.74, 6) is 2.84. The standard InChI is InChI=1S/C23H36O/c1-3-5-6-9-20-12-14-21(15-13-20)10-7-8-11-22-16-18-23(19-17-22)24-4-2/h7,10,16-21H,3-6,8-9,11-15H2,1-2H3/t20-,21-. The molecule has 0 atom stereocenters. The van der Waals surface area contributed by atoms with Crippen LogP contribution >= 0.6 is 0 Å². The van der Waals surface area contributed by atoms with E-state index in [1.165, 1.54) is 56.9 Å². The molecule has 1 saturated carbocycles. The molecular weight excluding hydrogens is 292 g/mol. The minimum atomic E-state index is 0.739. The lowest BCUT2D eigenvalue weighted by Crippen LogP contribution is -2.13. The molecule has 0 heterocycles. The Kier molecular flexibility index (Phi) is 9.02. The second kappa shape index (κ2) is 11.3. The van der Waals surface area contributed by atoms with E-state index in [-0.39, 0.29) is 0 Å². The van der Waals surface area contributed by atoms with Gasteiger partial charge in [-0.15, -0.1) is 0 Å². The van der Waals surface area contributed by atoms with Crippen LogP contribution in [0.1, 0.15) is 77.2 Å². The Balaban J connectivity index is 1.61. The molecule has 0 unspecified atom stereocenters. The third kappa shape index (κ3) is 7.11. The van der Waals surface area contributed by atoms with Gasteiger partial charge in [0.05, 0.1) is 6.61 Å². The summed E-state index contributed by atoms with van der Waals surface area (Å²) in [7, 11) is 0. The molecular formula is C23H36O. The van der Waals surface area contributed by atoms with E-state index < -0.39 is 0 Å². The quantitative estimate of drug-likeness (QED) is 0.333. The van der Waals surface area contributed by atoms with Crippen molar-refractivity contribution in [3.63, 3.8) is 0 Å². The number of allylic oxidation sites excluding steroid dienone is 2. The molecule has 1 fully saturated rings. The van der Waals surface area contributed by atoms with Crippen molar-refractivity contribution in [1.29, 1.82) is 0 Å². The highest BCUT2D eigenvalue weighted by Gasteiger charge is 2.18. The fraction of sp³-hybridized carbons (Fsp3) is 0.652. The van der Waals surface area contributed by atoms with Crippen molar-refractivity contribution in [2.45, 2.75) is 78.1 Å². The summed E-state index contributed by atoms with van der Waals surface area (Å²) in [6.07, 6.45) is 18.6. The fourth-order valence-electron chi connectivity index (χ4n) is 3.81. The second-order valence-corrected chi connectivity index (χ2v) is 7.32. The molecule has 1 heteroatoms. The zero-order chi connectivity index (χ0) is 17.0. The van der Waals surface area contributed by atoms with Gasteiger partial charge in [-0.2, -0.15) is 0 Å². The summed E-state index contributed by atoms with van der Waals surface area (Å²) >= 11 is 0. The summed E-state index contributed by atoms with van der Waals surface area (Å²) in [6.45, 7) is 5.06. The lowest BCUT2D eigenvalue weighted by atomic mass is 9.79. The van der Waals surface area contributed by atoms with Crippen molar-refractivity contribution in [3.8, 4) is 5.75 Å². The molecule has 134 valence electrons. The average molecular weight is 329 g/mol. The van der Waals surface area contributed by atoms with E-state index in [2.05, 4.69) is 43.3 Å². The Morgan fingerprint density at radius 2 is 1.75 bits per heavy atom. The number of benzene rings is 1. The van der Waals surface area contributed by atoms with Crippen LogP contribution in [0.15, 0.2) is 36.4 Å². The minimum Gasteiger partial charge on any atom is -0.494 e. The third-order valence-electron chi connectivity index (χ3n) is 5.35. The smallest absolute Gasteiger partial charge is 0.119 e. The highest BCUT2D eigenvalue weighted by Crippen LogP contribution is 2.32. The Labute approximate surface area is 149 Å². The van der Waals surface area contributed by atoms with Gasteiger partial charge in [0.2, 0.25) is 0 Å². The highest BCUT2D eigenvalue weighted by atomic mass is 16.5. The van der Waals surface area contributed by atoms with Crippen molar-refractivity contribution in [2.24, 2.45) is 11.8 Å². The summed E-state index contributed by atoms with van der Waals surface area (Å²) in [5, 5.41) is 0. The Morgan fingerprint density at radius 3 is 2.42 bits per heavy atom. The molecule has 0 aliphatic heterocycles. The molecule has 0 amide bonds. The van der Waals surface area contributed by atoms with E-state index in [1.807, 2.05) is 6.92 Å². The molecule has 1 aliphatic carbocycles. The maximum atomic E-state index is 5.49. The highest BCUT2D eigenvalue weighted by molar-refractivity contribution is 5.27. The Bertz CT molecular complexity index is 451. The van der Waals surface area contributed by atoms with Gasteiger partial charge in [0, 0.05) is 0 Å². The minimum absolute atomic E-state index is 0.739. The molecule has 0 aromatic heterocycles. The molecule has 1 aromatic carbocycles. The molecule has 1 aromatic rings. The molecule has 0 spiro atoms. The Hall–Kier alpha value is -1.24. The zero-order valence-corrected chi connectivity index (χ0v) is 15.8. The van der Waals surface area contributed by atoms with E-state index in [4.69, 9.17) is 4.74 Å². The first-order valence-electron chi connectivity index (χ1n) is 10.2. The SMILES string of the molecule is CCCCC[C@H]1CC[C@H](C=CCCc2ccc(OCC)cc2)CC1. The summed E-state index contributed by atoms with van der Waals surface area (Å²) < 4.78 is 5.49. The van der Waals surface area contributed by atoms with E-state index in [0.29, 0.717) is 0 Å². The van der Waals surface area contributed by atoms with Crippen molar-refractivity contribution < 1.29 is 4.74 Å². The van der Waals surface area contributed by atoms with Crippen LogP contribution in [0, 0.1) is 11.8 Å². The van der Waals surface area contributed by atoms with Gasteiger partial charge in [0.1, 0.15) is 5.75 Å². The largest absolute Gasteiger partial charge is 0.494 e. The monoisotopic (exact) mass is 328 g/mol. The molecule has 24 heavy (non-hydrogen) atoms. The lowest BCUT2D eigenvalue weighted by Gasteiger charge is -2.26. The van der Waals surface area contributed by atoms with Gasteiger partial charge in [-0.25, -0.2) is 0 Å². The van der Waals surface area contributed by atoms with Crippen molar-refractivity contribution in [2.75, 3.05) is 6.61 Å². The molecule has 0 saturated heterocycles. The van der Waals surface area contributed by atoms with Crippen LogP contribution in [0.25, 0.3) is 0 Å². The molecule has 0 bridgehead atoms. The van der Waals surface area contributed by atoms with Crippen LogP contribution in [0.2, 0.25) is 0 Å². The van der Waals surface area contributed by atoms with Gasteiger partial charge in [-0.1, -0.05) is 56.9 Å². The van der Waals surface area contributed by atoms with E-state index in [9.17, 15) is 0 Å². The van der Waals surface area contributed by atoms with Crippen molar-refractivity contribution in [3.05, 3.63) is 42.0 Å². The number of ether oxygens (including phenoxy) is 1. The van der Waals surface area contributed by atoms with Crippen LogP contribution in [-0.4, -0.2) is 6.61 Å². The van der Waals surface area contributed by atoms with Crippen LogP contribution in [0.4, 0.5) is 0 Å². The number of unbranched alkanes of at least 4 members (excludes halogenated alkanes) is 2. The number of rotatable bonds is 10. The van der Waals surface area contributed by atoms with Crippen LogP contribution in [0.5, 0.6) is 5.75 Å². The predicted molar refractivity (Wildman–Crippen MR) is 105 cm³/mol. The molecule has 2 rings (SSSR count). The number of hydrogen-bond donors (Lipinski definition) is 0. The van der Waals surface area contributed by atoms with Gasteiger partial charge < -0.3 is 4.74 Å². The number of aryl methyl sites for hydroxylation is 1. The first kappa shape index (κ1) is 19.1.